The van der Waals surface area contributed by atoms with E-state index in [1.54, 1.807) is 45.0 Å². The number of nitrogens with one attached hydrogen (secondary N) is 2. The summed E-state index contributed by atoms with van der Waals surface area (Å²) in [6.07, 6.45) is 4.29. The molecule has 0 aliphatic carbocycles. The van der Waals surface area contributed by atoms with Crippen LogP contribution in [0.15, 0.2) is 29.2 Å². The van der Waals surface area contributed by atoms with Gasteiger partial charge in [0.05, 0.1) is 4.90 Å². The zero-order chi connectivity index (χ0) is 18.2. The third-order valence-corrected chi connectivity index (χ3v) is 5.19. The van der Waals surface area contributed by atoms with Gasteiger partial charge in [-0.1, -0.05) is 31.9 Å². The van der Waals surface area contributed by atoms with Gasteiger partial charge in [0, 0.05) is 18.5 Å². The Morgan fingerprint density at radius 1 is 1.08 bits per heavy atom. The normalized spacial score (nSPS) is 12.2. The van der Waals surface area contributed by atoms with Crippen LogP contribution in [0.3, 0.4) is 0 Å². The fourth-order valence-electron chi connectivity index (χ4n) is 2.25. The molecule has 0 radical (unpaired) electrons. The van der Waals surface area contributed by atoms with Gasteiger partial charge in [-0.3, -0.25) is 4.79 Å². The van der Waals surface area contributed by atoms with Crippen LogP contribution in [-0.2, 0) is 21.2 Å². The molecule has 5 nitrogen and oxygen atoms in total. The van der Waals surface area contributed by atoms with Gasteiger partial charge < -0.3 is 5.32 Å². The summed E-state index contributed by atoms with van der Waals surface area (Å²) < 4.78 is 27.1. The largest absolute Gasteiger partial charge is 0.356 e. The summed E-state index contributed by atoms with van der Waals surface area (Å²) in [5, 5.41) is 2.90. The molecule has 24 heavy (non-hydrogen) atoms. The van der Waals surface area contributed by atoms with Gasteiger partial charge in [-0.25, -0.2) is 13.1 Å². The third kappa shape index (κ3) is 7.93. The van der Waals surface area contributed by atoms with Gasteiger partial charge in [-0.2, -0.15) is 0 Å². The van der Waals surface area contributed by atoms with Crippen LogP contribution in [-0.4, -0.2) is 26.4 Å². The van der Waals surface area contributed by atoms with E-state index in [9.17, 15) is 13.2 Å². The first-order valence-electron chi connectivity index (χ1n) is 8.53. The Balaban J connectivity index is 2.52. The van der Waals surface area contributed by atoms with Crippen LogP contribution in [0.1, 0.15) is 58.9 Å². The molecule has 0 unspecified atom stereocenters. The first-order valence-corrected chi connectivity index (χ1v) is 10.0. The lowest BCUT2D eigenvalue weighted by Crippen LogP contribution is -2.40. The summed E-state index contributed by atoms with van der Waals surface area (Å²) in [5.41, 5.74) is 0.432. The van der Waals surface area contributed by atoms with Crippen molar-refractivity contribution >= 4 is 15.9 Å². The minimum atomic E-state index is -3.51. The van der Waals surface area contributed by atoms with Gasteiger partial charge in [0.2, 0.25) is 15.9 Å². The molecule has 0 aliphatic rings. The highest BCUT2D eigenvalue weighted by Crippen LogP contribution is 2.14. The van der Waals surface area contributed by atoms with Gasteiger partial charge in [0.15, 0.2) is 0 Å². The van der Waals surface area contributed by atoms with Gasteiger partial charge in [-0.05, 0) is 51.3 Å². The van der Waals surface area contributed by atoms with Crippen LogP contribution >= 0.6 is 0 Å². The number of hydrogen-bond acceptors (Lipinski definition) is 3. The maximum Gasteiger partial charge on any atom is 0.241 e. The Morgan fingerprint density at radius 2 is 1.71 bits per heavy atom. The molecule has 0 aliphatic heterocycles. The van der Waals surface area contributed by atoms with E-state index >= 15 is 0 Å². The van der Waals surface area contributed by atoms with Crippen molar-refractivity contribution in [1.82, 2.24) is 10.0 Å². The number of benzene rings is 1. The highest BCUT2D eigenvalue weighted by molar-refractivity contribution is 7.89. The molecule has 0 spiro atoms. The van der Waals surface area contributed by atoms with Crippen LogP contribution in [0.2, 0.25) is 0 Å². The number of hydrogen-bond donors (Lipinski definition) is 2. The first kappa shape index (κ1) is 20.6. The van der Waals surface area contributed by atoms with E-state index in [4.69, 9.17) is 0 Å². The van der Waals surface area contributed by atoms with Crippen molar-refractivity contribution in [3.8, 4) is 0 Å². The fraction of sp³-hybridized carbons (Fsp3) is 0.611. The number of rotatable bonds is 9. The highest BCUT2D eigenvalue weighted by atomic mass is 32.2. The molecule has 1 aromatic rings. The van der Waals surface area contributed by atoms with Crippen molar-refractivity contribution in [1.29, 1.82) is 0 Å². The molecule has 0 atom stereocenters. The average molecular weight is 355 g/mol. The summed E-state index contributed by atoms with van der Waals surface area (Å²) in [5.74, 6) is 0.0391. The zero-order valence-electron chi connectivity index (χ0n) is 15.2. The Kier molecular flexibility index (Phi) is 7.90. The second-order valence-corrected chi connectivity index (χ2v) is 8.74. The van der Waals surface area contributed by atoms with E-state index in [1.807, 2.05) is 0 Å². The maximum absolute atomic E-state index is 12.2. The maximum atomic E-state index is 12.2. The van der Waals surface area contributed by atoms with Gasteiger partial charge in [0.1, 0.15) is 0 Å². The van der Waals surface area contributed by atoms with Crippen molar-refractivity contribution in [2.45, 2.75) is 70.2 Å². The van der Waals surface area contributed by atoms with Gasteiger partial charge in [0.25, 0.3) is 0 Å². The lowest BCUT2D eigenvalue weighted by molar-refractivity contribution is -0.121. The van der Waals surface area contributed by atoms with E-state index in [0.717, 1.165) is 31.4 Å². The minimum Gasteiger partial charge on any atom is -0.356 e. The first-order chi connectivity index (χ1) is 11.1. The van der Waals surface area contributed by atoms with E-state index in [1.165, 1.54) is 0 Å². The molecular formula is C18H30N2O3S. The van der Waals surface area contributed by atoms with E-state index in [2.05, 4.69) is 17.0 Å². The Labute approximate surface area is 146 Å². The molecule has 1 aromatic carbocycles. The highest BCUT2D eigenvalue weighted by Gasteiger charge is 2.21. The molecule has 0 saturated carbocycles. The smallest absolute Gasteiger partial charge is 0.241 e. The Hall–Kier alpha value is -1.40. The summed E-state index contributed by atoms with van der Waals surface area (Å²) in [4.78, 5) is 12.0. The SMILES string of the molecule is CCCCCNC(=O)CCc1ccc(S(=O)(=O)NC(C)(C)C)cc1. The predicted octanol–water partition coefficient (Wildman–Crippen LogP) is 3.00. The van der Waals surface area contributed by atoms with Crippen molar-refractivity contribution < 1.29 is 13.2 Å². The van der Waals surface area contributed by atoms with Crippen molar-refractivity contribution in [2.75, 3.05) is 6.54 Å². The summed E-state index contributed by atoms with van der Waals surface area (Å²) in [6.45, 7) is 8.26. The number of amides is 1. The standard InChI is InChI=1S/C18H30N2O3S/c1-5-6-7-14-19-17(21)13-10-15-8-11-16(12-9-15)24(22,23)20-18(2,3)4/h8-9,11-12,20H,5-7,10,13-14H2,1-4H3,(H,19,21). The van der Waals surface area contributed by atoms with Crippen LogP contribution in [0.5, 0.6) is 0 Å². The average Bonchev–Trinajstić information content (AvgIpc) is 2.47. The third-order valence-electron chi connectivity index (χ3n) is 3.42. The Bertz CT molecular complexity index is 617. The monoisotopic (exact) mass is 354 g/mol. The molecule has 1 rings (SSSR count). The van der Waals surface area contributed by atoms with Crippen LogP contribution in [0.4, 0.5) is 0 Å². The molecule has 0 aromatic heterocycles. The van der Waals surface area contributed by atoms with E-state index < -0.39 is 15.6 Å². The van der Waals surface area contributed by atoms with Crippen LogP contribution < -0.4 is 10.0 Å². The van der Waals surface area contributed by atoms with Gasteiger partial charge in [-0.15, -0.1) is 0 Å². The number of carbonyl (C=O) groups excluding carboxylic acids is 1. The molecule has 0 fully saturated rings. The van der Waals surface area contributed by atoms with Crippen molar-refractivity contribution in [3.05, 3.63) is 29.8 Å². The fourth-order valence-corrected chi connectivity index (χ4v) is 3.66. The molecule has 0 saturated heterocycles. The summed E-state index contributed by atoms with van der Waals surface area (Å²) in [6, 6.07) is 6.70. The predicted molar refractivity (Wildman–Crippen MR) is 97.4 cm³/mol. The van der Waals surface area contributed by atoms with Crippen molar-refractivity contribution in [2.24, 2.45) is 0 Å². The molecule has 0 heterocycles. The quantitative estimate of drug-likeness (QED) is 0.669. The molecular weight excluding hydrogens is 324 g/mol. The summed E-state index contributed by atoms with van der Waals surface area (Å²) >= 11 is 0. The lowest BCUT2D eigenvalue weighted by Gasteiger charge is -2.20. The molecule has 6 heteroatoms. The van der Waals surface area contributed by atoms with Crippen LogP contribution in [0, 0.1) is 0 Å². The van der Waals surface area contributed by atoms with E-state index in [0.29, 0.717) is 12.8 Å². The summed E-state index contributed by atoms with van der Waals surface area (Å²) in [7, 11) is -3.51. The number of unbranched alkanes of at least 4 members (excludes halogenated alkanes) is 2. The van der Waals surface area contributed by atoms with Gasteiger partial charge >= 0.3 is 0 Å². The second-order valence-electron chi connectivity index (χ2n) is 7.06. The number of aryl methyl sites for hydroxylation is 1. The minimum absolute atomic E-state index is 0.0391. The lowest BCUT2D eigenvalue weighted by atomic mass is 10.1. The molecule has 2 N–H and O–H groups in total. The van der Waals surface area contributed by atoms with E-state index in [-0.39, 0.29) is 10.8 Å². The molecule has 136 valence electrons. The Morgan fingerprint density at radius 3 is 2.25 bits per heavy atom. The zero-order valence-corrected chi connectivity index (χ0v) is 16.0. The number of sulfonamides is 1. The topological polar surface area (TPSA) is 75.3 Å². The van der Waals surface area contributed by atoms with Crippen molar-refractivity contribution in [3.63, 3.8) is 0 Å². The molecule has 1 amide bonds. The number of carbonyl (C=O) groups is 1. The second kappa shape index (κ2) is 9.18. The molecule has 0 bridgehead atoms. The van der Waals surface area contributed by atoms with Crippen LogP contribution in [0.25, 0.3) is 0 Å².